The first-order valence-corrected chi connectivity index (χ1v) is 9.83. The Kier molecular flexibility index (Phi) is 6.08. The van der Waals surface area contributed by atoms with Crippen molar-refractivity contribution in [1.82, 2.24) is 4.98 Å². The van der Waals surface area contributed by atoms with Gasteiger partial charge in [0.25, 0.3) is 11.1 Å². The maximum absolute atomic E-state index is 12.6. The molecule has 27 heavy (non-hydrogen) atoms. The van der Waals surface area contributed by atoms with Gasteiger partial charge in [0.15, 0.2) is 0 Å². The molecule has 3 aromatic rings. The Hall–Kier alpha value is -2.86. The number of carbonyl (C=O) groups excluding carboxylic acids is 1. The van der Waals surface area contributed by atoms with E-state index in [2.05, 4.69) is 35.1 Å². The zero-order valence-electron chi connectivity index (χ0n) is 15.7. The molecule has 0 aliphatic carbocycles. The van der Waals surface area contributed by atoms with E-state index in [4.69, 9.17) is 4.74 Å². The SMILES string of the molecule is CCN(CC)c1ccc(NC(=O)c2ccc(Oc3nccs3)cc2)c(C)c1. The van der Waals surface area contributed by atoms with Gasteiger partial charge in [-0.25, -0.2) is 4.98 Å². The van der Waals surface area contributed by atoms with Gasteiger partial charge in [0.1, 0.15) is 5.75 Å². The quantitative estimate of drug-likeness (QED) is 0.600. The van der Waals surface area contributed by atoms with E-state index in [-0.39, 0.29) is 5.91 Å². The first kappa shape index (κ1) is 18.9. The number of nitrogens with one attached hydrogen (secondary N) is 1. The molecule has 0 bridgehead atoms. The Morgan fingerprint density at radius 1 is 1.15 bits per heavy atom. The molecule has 2 aromatic carbocycles. The number of aryl methyl sites for hydroxylation is 1. The number of aromatic nitrogens is 1. The van der Waals surface area contributed by atoms with Crippen molar-refractivity contribution < 1.29 is 9.53 Å². The number of ether oxygens (including phenoxy) is 1. The third-order valence-electron chi connectivity index (χ3n) is 4.32. The number of carbonyl (C=O) groups is 1. The maximum atomic E-state index is 12.6. The lowest BCUT2D eigenvalue weighted by atomic mass is 10.1. The van der Waals surface area contributed by atoms with E-state index in [0.29, 0.717) is 16.5 Å². The van der Waals surface area contributed by atoms with Gasteiger partial charge in [-0.15, -0.1) is 0 Å². The second-order valence-corrected chi connectivity index (χ2v) is 6.91. The van der Waals surface area contributed by atoms with Crippen molar-refractivity contribution in [3.05, 3.63) is 65.2 Å². The van der Waals surface area contributed by atoms with Gasteiger partial charge in [-0.05, 0) is 68.8 Å². The highest BCUT2D eigenvalue weighted by Gasteiger charge is 2.10. The summed E-state index contributed by atoms with van der Waals surface area (Å²) in [6.45, 7) is 8.19. The van der Waals surface area contributed by atoms with Crippen molar-refractivity contribution in [1.29, 1.82) is 0 Å². The third kappa shape index (κ3) is 4.65. The molecule has 0 saturated heterocycles. The molecule has 0 saturated carbocycles. The Labute approximate surface area is 163 Å². The molecule has 0 aliphatic rings. The van der Waals surface area contributed by atoms with E-state index in [0.717, 1.165) is 24.3 Å². The van der Waals surface area contributed by atoms with Gasteiger partial charge in [0, 0.05) is 41.6 Å². The Balaban J connectivity index is 1.68. The van der Waals surface area contributed by atoms with Crippen LogP contribution in [0.5, 0.6) is 10.9 Å². The zero-order chi connectivity index (χ0) is 19.2. The molecule has 1 amide bonds. The minimum absolute atomic E-state index is 0.144. The van der Waals surface area contributed by atoms with Crippen LogP contribution in [0.25, 0.3) is 0 Å². The summed E-state index contributed by atoms with van der Waals surface area (Å²) in [6.07, 6.45) is 1.69. The van der Waals surface area contributed by atoms with Crippen molar-refractivity contribution in [2.75, 3.05) is 23.3 Å². The minimum atomic E-state index is -0.144. The van der Waals surface area contributed by atoms with Crippen molar-refractivity contribution in [2.45, 2.75) is 20.8 Å². The summed E-state index contributed by atoms with van der Waals surface area (Å²) in [6, 6.07) is 13.1. The van der Waals surface area contributed by atoms with Crippen LogP contribution in [0, 0.1) is 6.92 Å². The molecule has 0 unspecified atom stereocenters. The monoisotopic (exact) mass is 381 g/mol. The maximum Gasteiger partial charge on any atom is 0.278 e. The van der Waals surface area contributed by atoms with E-state index in [9.17, 15) is 4.79 Å². The van der Waals surface area contributed by atoms with Gasteiger partial charge in [-0.1, -0.05) is 11.3 Å². The second kappa shape index (κ2) is 8.68. The van der Waals surface area contributed by atoms with Crippen LogP contribution in [0.15, 0.2) is 54.0 Å². The lowest BCUT2D eigenvalue weighted by Crippen LogP contribution is -2.22. The van der Waals surface area contributed by atoms with Gasteiger partial charge in [0.2, 0.25) is 0 Å². The van der Waals surface area contributed by atoms with Gasteiger partial charge in [0.05, 0.1) is 0 Å². The van der Waals surface area contributed by atoms with Crippen LogP contribution in [0.2, 0.25) is 0 Å². The molecule has 1 aromatic heterocycles. The fourth-order valence-electron chi connectivity index (χ4n) is 2.80. The molecule has 0 spiro atoms. The van der Waals surface area contributed by atoms with Crippen LogP contribution in [0.1, 0.15) is 29.8 Å². The molecule has 0 radical (unpaired) electrons. The van der Waals surface area contributed by atoms with E-state index < -0.39 is 0 Å². The Morgan fingerprint density at radius 3 is 2.48 bits per heavy atom. The van der Waals surface area contributed by atoms with Crippen molar-refractivity contribution in [3.63, 3.8) is 0 Å². The summed E-state index contributed by atoms with van der Waals surface area (Å²) in [4.78, 5) is 18.9. The summed E-state index contributed by atoms with van der Waals surface area (Å²) in [7, 11) is 0. The Bertz CT molecular complexity index is 888. The molecular formula is C21H23N3O2S. The molecule has 5 nitrogen and oxygen atoms in total. The highest BCUT2D eigenvalue weighted by molar-refractivity contribution is 7.11. The van der Waals surface area contributed by atoms with Gasteiger partial charge >= 0.3 is 0 Å². The van der Waals surface area contributed by atoms with E-state index in [1.54, 1.807) is 30.5 Å². The summed E-state index contributed by atoms with van der Waals surface area (Å²) in [5.74, 6) is 0.510. The van der Waals surface area contributed by atoms with Crippen LogP contribution >= 0.6 is 11.3 Å². The smallest absolute Gasteiger partial charge is 0.278 e. The molecule has 1 heterocycles. The standard InChI is InChI=1S/C21H23N3O2S/c1-4-24(5-2)17-8-11-19(15(3)14-17)23-20(25)16-6-9-18(10-7-16)26-21-22-12-13-27-21/h6-14H,4-5H2,1-3H3,(H,23,25). The molecule has 0 atom stereocenters. The number of anilines is 2. The third-order valence-corrected chi connectivity index (χ3v) is 4.97. The highest BCUT2D eigenvalue weighted by Crippen LogP contribution is 2.25. The number of hydrogen-bond donors (Lipinski definition) is 1. The molecule has 1 N–H and O–H groups in total. The topological polar surface area (TPSA) is 54.5 Å². The number of nitrogens with zero attached hydrogens (tertiary/aromatic N) is 2. The average Bonchev–Trinajstić information content (AvgIpc) is 3.18. The number of thiazole rings is 1. The summed E-state index contributed by atoms with van der Waals surface area (Å²) >= 11 is 1.42. The molecular weight excluding hydrogens is 358 g/mol. The first-order valence-electron chi connectivity index (χ1n) is 8.95. The number of rotatable bonds is 7. The number of hydrogen-bond acceptors (Lipinski definition) is 5. The number of amides is 1. The van der Waals surface area contributed by atoms with Crippen LogP contribution in [0.3, 0.4) is 0 Å². The molecule has 3 rings (SSSR count). The zero-order valence-corrected chi connectivity index (χ0v) is 16.5. The molecule has 0 fully saturated rings. The second-order valence-electron chi connectivity index (χ2n) is 6.05. The van der Waals surface area contributed by atoms with Crippen molar-refractivity contribution in [3.8, 4) is 10.9 Å². The number of benzene rings is 2. The summed E-state index contributed by atoms with van der Waals surface area (Å²) < 4.78 is 5.62. The molecule has 0 aliphatic heterocycles. The predicted molar refractivity (Wildman–Crippen MR) is 111 cm³/mol. The fraction of sp³-hybridized carbons (Fsp3) is 0.238. The summed E-state index contributed by atoms with van der Waals surface area (Å²) in [5, 5.41) is 5.42. The van der Waals surface area contributed by atoms with Crippen LogP contribution in [-0.2, 0) is 0 Å². The van der Waals surface area contributed by atoms with Crippen molar-refractivity contribution >= 4 is 28.6 Å². The normalized spacial score (nSPS) is 10.5. The lowest BCUT2D eigenvalue weighted by Gasteiger charge is -2.22. The van der Waals surface area contributed by atoms with E-state index >= 15 is 0 Å². The van der Waals surface area contributed by atoms with Gasteiger partial charge in [-0.2, -0.15) is 0 Å². The van der Waals surface area contributed by atoms with Gasteiger partial charge in [-0.3, -0.25) is 4.79 Å². The van der Waals surface area contributed by atoms with Crippen molar-refractivity contribution in [2.24, 2.45) is 0 Å². The fourth-order valence-corrected chi connectivity index (χ4v) is 3.31. The first-order chi connectivity index (χ1) is 13.1. The lowest BCUT2D eigenvalue weighted by molar-refractivity contribution is 0.102. The minimum Gasteiger partial charge on any atom is -0.431 e. The largest absolute Gasteiger partial charge is 0.431 e. The van der Waals surface area contributed by atoms with E-state index in [1.165, 1.54) is 17.0 Å². The van der Waals surface area contributed by atoms with Crippen LogP contribution < -0.4 is 15.0 Å². The van der Waals surface area contributed by atoms with Gasteiger partial charge < -0.3 is 15.0 Å². The molecule has 6 heteroatoms. The average molecular weight is 382 g/mol. The Morgan fingerprint density at radius 2 is 1.89 bits per heavy atom. The highest BCUT2D eigenvalue weighted by atomic mass is 32.1. The van der Waals surface area contributed by atoms with Crippen LogP contribution in [0.4, 0.5) is 11.4 Å². The predicted octanol–water partition coefficient (Wildman–Crippen LogP) is 5.34. The van der Waals surface area contributed by atoms with E-state index in [1.807, 2.05) is 24.4 Å². The summed E-state index contributed by atoms with van der Waals surface area (Å²) in [5.41, 5.74) is 3.60. The molecule has 140 valence electrons. The van der Waals surface area contributed by atoms with Crippen LogP contribution in [-0.4, -0.2) is 24.0 Å².